The molecular weight excluding hydrogens is 727 g/mol. The molecule has 3 aliphatic heterocycles. The summed E-state index contributed by atoms with van der Waals surface area (Å²) in [7, 11) is 1.69. The third-order valence-corrected chi connectivity index (χ3v) is 11.5. The van der Waals surface area contributed by atoms with E-state index in [9.17, 15) is 27.9 Å². The summed E-state index contributed by atoms with van der Waals surface area (Å²) in [6.07, 6.45) is 2.44. The summed E-state index contributed by atoms with van der Waals surface area (Å²) in [5.74, 6) is 1.49. The van der Waals surface area contributed by atoms with Crippen molar-refractivity contribution in [2.24, 2.45) is 18.9 Å². The minimum atomic E-state index is -4.67. The number of amides is 1. The predicted octanol–water partition coefficient (Wildman–Crippen LogP) is 4.80. The van der Waals surface area contributed by atoms with Crippen molar-refractivity contribution in [2.45, 2.75) is 70.9 Å². The quantitative estimate of drug-likeness (QED) is 0.256. The number of carbonyl (C=O) groups excluding carboxylic acids is 1. The van der Waals surface area contributed by atoms with Crippen molar-refractivity contribution in [1.29, 1.82) is 0 Å². The Labute approximate surface area is 325 Å². The molecule has 1 atom stereocenters. The molecule has 304 valence electrons. The number of aromatic nitrogens is 5. The van der Waals surface area contributed by atoms with Crippen molar-refractivity contribution in [3.05, 3.63) is 82.1 Å². The lowest BCUT2D eigenvalue weighted by molar-refractivity contribution is -0.136. The van der Waals surface area contributed by atoms with E-state index in [2.05, 4.69) is 24.9 Å². The molecule has 0 aliphatic carbocycles. The fourth-order valence-corrected chi connectivity index (χ4v) is 8.38. The van der Waals surface area contributed by atoms with Crippen molar-refractivity contribution in [3.63, 3.8) is 0 Å². The lowest BCUT2D eigenvalue weighted by Crippen LogP contribution is -2.51. The van der Waals surface area contributed by atoms with Gasteiger partial charge in [0.1, 0.15) is 18.0 Å². The van der Waals surface area contributed by atoms with Gasteiger partial charge >= 0.3 is 18.0 Å². The van der Waals surface area contributed by atoms with E-state index in [1.807, 2.05) is 25.7 Å². The number of carbonyl (C=O) groups is 1. The molecule has 0 bridgehead atoms. The SMILES string of the molecule is Cn1cnnc1[C@H](O)c1cccc(-n2cc3c(C(F)(F)F)cc(CN4CCC(CN5CCC(CN6CCN(C(=O)OC(C)(C)C)CC6)CC5)CC4)cn3c2=O)c1. The molecule has 0 unspecified atom stereocenters. The molecule has 1 N–H and O–H groups in total. The van der Waals surface area contributed by atoms with Crippen LogP contribution in [0, 0.1) is 11.8 Å². The molecular formula is C40H54F3N9O4. The smallest absolute Gasteiger partial charge is 0.418 e. The number of nitrogens with zero attached hydrogens (tertiary/aromatic N) is 9. The van der Waals surface area contributed by atoms with Crippen molar-refractivity contribution in [2.75, 3.05) is 65.4 Å². The Morgan fingerprint density at radius 3 is 2.11 bits per heavy atom. The lowest BCUT2D eigenvalue weighted by Gasteiger charge is -2.40. The molecule has 4 aromatic rings. The van der Waals surface area contributed by atoms with Crippen LogP contribution in [0.15, 0.2) is 53.8 Å². The molecule has 3 aliphatic rings. The number of alkyl halides is 3. The number of imidazole rings is 1. The van der Waals surface area contributed by atoms with Gasteiger partial charge in [-0.15, -0.1) is 10.2 Å². The van der Waals surface area contributed by atoms with E-state index in [-0.39, 0.29) is 11.6 Å². The number of aliphatic hydroxyl groups is 1. The molecule has 0 spiro atoms. The first-order valence-electron chi connectivity index (χ1n) is 19.7. The Morgan fingerprint density at radius 1 is 0.893 bits per heavy atom. The second-order valence-electron chi connectivity index (χ2n) is 16.8. The first kappa shape index (κ1) is 40.0. The number of ether oxygens (including phenoxy) is 1. The van der Waals surface area contributed by atoms with Gasteiger partial charge in [0.25, 0.3) is 0 Å². The van der Waals surface area contributed by atoms with E-state index < -0.39 is 29.1 Å². The molecule has 16 heteroatoms. The molecule has 1 amide bonds. The molecule has 3 aromatic heterocycles. The lowest BCUT2D eigenvalue weighted by atomic mass is 9.92. The van der Waals surface area contributed by atoms with Gasteiger partial charge in [0.05, 0.1) is 16.8 Å². The zero-order valence-electron chi connectivity index (χ0n) is 32.8. The van der Waals surface area contributed by atoms with E-state index in [1.165, 1.54) is 29.4 Å². The molecule has 3 fully saturated rings. The minimum Gasteiger partial charge on any atom is -0.444 e. The van der Waals surface area contributed by atoms with Crippen LogP contribution in [0.3, 0.4) is 0 Å². The molecule has 3 saturated heterocycles. The monoisotopic (exact) mass is 781 g/mol. The van der Waals surface area contributed by atoms with Crippen LogP contribution < -0.4 is 5.69 Å². The van der Waals surface area contributed by atoms with Gasteiger partial charge in [-0.1, -0.05) is 12.1 Å². The summed E-state index contributed by atoms with van der Waals surface area (Å²) >= 11 is 0. The predicted molar refractivity (Wildman–Crippen MR) is 204 cm³/mol. The van der Waals surface area contributed by atoms with Gasteiger partial charge in [-0.2, -0.15) is 13.2 Å². The van der Waals surface area contributed by atoms with Gasteiger partial charge in [0, 0.05) is 65.3 Å². The summed E-state index contributed by atoms with van der Waals surface area (Å²) in [5, 5.41) is 18.7. The third-order valence-electron chi connectivity index (χ3n) is 11.5. The second kappa shape index (κ2) is 16.3. The summed E-state index contributed by atoms with van der Waals surface area (Å²) in [4.78, 5) is 35.1. The number of hydrogen-bond donors (Lipinski definition) is 1. The van der Waals surface area contributed by atoms with E-state index in [1.54, 1.807) is 35.9 Å². The zero-order valence-corrected chi connectivity index (χ0v) is 32.8. The zero-order chi connectivity index (χ0) is 39.8. The highest BCUT2D eigenvalue weighted by Gasteiger charge is 2.35. The van der Waals surface area contributed by atoms with E-state index in [0.29, 0.717) is 54.1 Å². The van der Waals surface area contributed by atoms with Crippen LogP contribution in [0.5, 0.6) is 0 Å². The molecule has 0 saturated carbocycles. The van der Waals surface area contributed by atoms with Crippen LogP contribution in [0.1, 0.15) is 75.1 Å². The molecule has 13 nitrogen and oxygen atoms in total. The van der Waals surface area contributed by atoms with Crippen LogP contribution in [0.2, 0.25) is 0 Å². The van der Waals surface area contributed by atoms with Crippen LogP contribution in [-0.2, 0) is 24.5 Å². The number of aliphatic hydroxyl groups excluding tert-OH is 1. The summed E-state index contributed by atoms with van der Waals surface area (Å²) in [6.45, 7) is 15.0. The second-order valence-corrected chi connectivity index (χ2v) is 16.8. The van der Waals surface area contributed by atoms with Gasteiger partial charge < -0.3 is 24.2 Å². The number of piperidine rings is 2. The van der Waals surface area contributed by atoms with E-state index in [4.69, 9.17) is 4.74 Å². The largest absolute Gasteiger partial charge is 0.444 e. The average Bonchev–Trinajstić information content (AvgIpc) is 3.74. The Balaban J connectivity index is 0.918. The molecule has 6 heterocycles. The Morgan fingerprint density at radius 2 is 1.52 bits per heavy atom. The number of pyridine rings is 1. The van der Waals surface area contributed by atoms with Crippen LogP contribution in [-0.4, -0.2) is 126 Å². The number of fused-ring (bicyclic) bond motifs is 1. The highest BCUT2D eigenvalue weighted by atomic mass is 19.4. The van der Waals surface area contributed by atoms with Crippen molar-refractivity contribution < 1.29 is 27.8 Å². The van der Waals surface area contributed by atoms with Gasteiger partial charge in [-0.3, -0.25) is 18.8 Å². The molecule has 0 radical (unpaired) electrons. The molecule has 1 aromatic carbocycles. The fourth-order valence-electron chi connectivity index (χ4n) is 8.38. The van der Waals surface area contributed by atoms with Crippen LogP contribution in [0.4, 0.5) is 18.0 Å². The summed E-state index contributed by atoms with van der Waals surface area (Å²) in [5.41, 5.74) is -1.01. The van der Waals surface area contributed by atoms with Crippen molar-refractivity contribution >= 4 is 11.6 Å². The van der Waals surface area contributed by atoms with Gasteiger partial charge in [0.2, 0.25) is 0 Å². The number of hydrogen-bond acceptors (Lipinski definition) is 9. The highest BCUT2D eigenvalue weighted by molar-refractivity contribution is 5.68. The van der Waals surface area contributed by atoms with E-state index >= 15 is 0 Å². The van der Waals surface area contributed by atoms with Crippen molar-refractivity contribution in [1.82, 2.24) is 43.3 Å². The maximum Gasteiger partial charge on any atom is 0.418 e. The standard InChI is InChI=1S/C40H54F3N9O4/c1-39(2,3)56-38(55)50-18-16-49(17-19-50)23-29-8-12-47(13-9-29)22-28-10-14-48(15-11-28)24-30-20-33(40(41,42)43)34-26-51(37(54)52(34)25-30)32-7-5-6-31(21-32)35(53)36-45-44-27-46(36)4/h5-7,20-21,25-29,35,53H,8-19,22-24H2,1-4H3/t35-/m1/s1. The number of benzene rings is 1. The topological polar surface area (TPSA) is 117 Å². The van der Waals surface area contributed by atoms with Crippen molar-refractivity contribution in [3.8, 4) is 5.69 Å². The van der Waals surface area contributed by atoms with Gasteiger partial charge in [-0.25, -0.2) is 9.59 Å². The summed E-state index contributed by atoms with van der Waals surface area (Å²) < 4.78 is 52.8. The van der Waals surface area contributed by atoms with Crippen LogP contribution in [0.25, 0.3) is 11.2 Å². The third kappa shape index (κ3) is 9.30. The average molecular weight is 782 g/mol. The van der Waals surface area contributed by atoms with Gasteiger partial charge in [0.15, 0.2) is 5.82 Å². The molecule has 56 heavy (non-hydrogen) atoms. The molecule has 7 rings (SSSR count). The normalized spacial score (nSPS) is 19.5. The number of aryl methyl sites for hydroxylation is 1. The highest BCUT2D eigenvalue weighted by Crippen LogP contribution is 2.34. The first-order chi connectivity index (χ1) is 26.6. The maximum atomic E-state index is 14.5. The number of likely N-dealkylation sites (tertiary alicyclic amines) is 2. The Kier molecular flexibility index (Phi) is 11.6. The Hall–Kier alpha value is -4.25. The van der Waals surface area contributed by atoms with Gasteiger partial charge in [-0.05, 0) is 114 Å². The fraction of sp³-hybridized carbons (Fsp3) is 0.600. The van der Waals surface area contributed by atoms with E-state index in [0.717, 1.165) is 82.4 Å². The number of rotatable bonds is 9. The number of halogens is 3. The maximum absolute atomic E-state index is 14.5. The number of piperazine rings is 1. The minimum absolute atomic E-state index is 0.228. The first-order valence-corrected chi connectivity index (χ1v) is 19.7. The van der Waals surface area contributed by atoms with Crippen LogP contribution >= 0.6 is 0 Å². The Bertz CT molecular complexity index is 2030. The summed E-state index contributed by atoms with van der Waals surface area (Å²) in [6, 6.07) is 7.66.